The lowest BCUT2D eigenvalue weighted by Crippen LogP contribution is -2.22. The molecule has 4 heteroatoms. The van der Waals surface area contributed by atoms with Crippen molar-refractivity contribution in [1.29, 1.82) is 0 Å². The van der Waals surface area contributed by atoms with Crippen LogP contribution < -0.4 is 0 Å². The Balaban J connectivity index is 2.93. The minimum absolute atomic E-state index is 0.0833. The molecule has 0 amide bonds. The van der Waals surface area contributed by atoms with Crippen LogP contribution >= 0.6 is 15.9 Å². The van der Waals surface area contributed by atoms with Crippen LogP contribution in [-0.4, -0.2) is 30.1 Å². The summed E-state index contributed by atoms with van der Waals surface area (Å²) >= 11 is 3.38. The first-order valence-corrected chi connectivity index (χ1v) is 5.43. The molecule has 0 aliphatic heterocycles. The topological polar surface area (TPSA) is 40.5 Å². The summed E-state index contributed by atoms with van der Waals surface area (Å²) in [5, 5.41) is 8.83. The number of carbonyl (C=O) groups is 1. The number of benzene rings is 1. The number of hydrogen-bond acceptors (Lipinski definition) is 2. The molecule has 1 aromatic rings. The van der Waals surface area contributed by atoms with Crippen LogP contribution in [0.5, 0.6) is 0 Å². The Bertz CT molecular complexity index is 352. The van der Waals surface area contributed by atoms with E-state index < -0.39 is 5.97 Å². The van der Waals surface area contributed by atoms with Crippen molar-refractivity contribution < 1.29 is 9.90 Å². The molecule has 0 radical (unpaired) electrons. The third kappa shape index (κ3) is 3.64. The van der Waals surface area contributed by atoms with Crippen molar-refractivity contribution in [3.8, 4) is 0 Å². The van der Waals surface area contributed by atoms with E-state index in [0.717, 1.165) is 10.0 Å². The first-order chi connectivity index (χ1) is 7.00. The van der Waals surface area contributed by atoms with Crippen LogP contribution in [0.15, 0.2) is 28.7 Å². The highest BCUT2D eigenvalue weighted by Gasteiger charge is 2.17. The van der Waals surface area contributed by atoms with Crippen LogP contribution in [-0.2, 0) is 4.79 Å². The third-order valence-electron chi connectivity index (χ3n) is 2.22. The predicted octanol–water partition coefficient (Wildman–Crippen LogP) is 2.53. The molecule has 3 nitrogen and oxygen atoms in total. The fourth-order valence-corrected chi connectivity index (χ4v) is 1.89. The maximum absolute atomic E-state index is 10.7. The monoisotopic (exact) mass is 271 g/mol. The maximum atomic E-state index is 10.7. The molecule has 0 saturated carbocycles. The van der Waals surface area contributed by atoms with E-state index in [-0.39, 0.29) is 12.5 Å². The Kier molecular flexibility index (Phi) is 4.29. The van der Waals surface area contributed by atoms with Gasteiger partial charge in [-0.25, -0.2) is 0 Å². The van der Waals surface area contributed by atoms with Gasteiger partial charge in [-0.05, 0) is 31.8 Å². The van der Waals surface area contributed by atoms with Crippen LogP contribution in [0.1, 0.15) is 18.0 Å². The molecule has 0 fully saturated rings. The summed E-state index contributed by atoms with van der Waals surface area (Å²) in [6.45, 7) is 0. The molecule has 0 bridgehead atoms. The Hall–Kier alpha value is -0.870. The van der Waals surface area contributed by atoms with Crippen molar-refractivity contribution in [2.75, 3.05) is 14.1 Å². The van der Waals surface area contributed by atoms with Gasteiger partial charge in [0.25, 0.3) is 0 Å². The molecule has 0 saturated heterocycles. The molecule has 0 heterocycles. The van der Waals surface area contributed by atoms with Gasteiger partial charge in [-0.3, -0.25) is 4.79 Å². The van der Waals surface area contributed by atoms with Gasteiger partial charge < -0.3 is 10.0 Å². The van der Waals surface area contributed by atoms with Crippen LogP contribution in [0.2, 0.25) is 0 Å². The summed E-state index contributed by atoms with van der Waals surface area (Å²) in [5.74, 6) is -0.784. The lowest BCUT2D eigenvalue weighted by atomic mass is 10.0. The van der Waals surface area contributed by atoms with Crippen molar-refractivity contribution in [2.45, 2.75) is 12.5 Å². The second-order valence-electron chi connectivity index (χ2n) is 3.63. The molecule has 1 unspecified atom stereocenters. The lowest BCUT2D eigenvalue weighted by molar-refractivity contribution is -0.138. The summed E-state index contributed by atoms with van der Waals surface area (Å²) in [4.78, 5) is 12.6. The van der Waals surface area contributed by atoms with Gasteiger partial charge in [-0.15, -0.1) is 0 Å². The molecule has 0 aromatic heterocycles. The van der Waals surface area contributed by atoms with E-state index >= 15 is 0 Å². The van der Waals surface area contributed by atoms with E-state index in [2.05, 4.69) is 15.9 Å². The average Bonchev–Trinajstić information content (AvgIpc) is 2.13. The van der Waals surface area contributed by atoms with E-state index in [4.69, 9.17) is 5.11 Å². The molecular weight excluding hydrogens is 258 g/mol. The second kappa shape index (κ2) is 5.28. The highest BCUT2D eigenvalue weighted by molar-refractivity contribution is 9.10. The number of nitrogens with zero attached hydrogens (tertiary/aromatic N) is 1. The fourth-order valence-electron chi connectivity index (χ4n) is 1.48. The first-order valence-electron chi connectivity index (χ1n) is 4.64. The van der Waals surface area contributed by atoms with Gasteiger partial charge in [0.1, 0.15) is 0 Å². The largest absolute Gasteiger partial charge is 0.481 e. The van der Waals surface area contributed by atoms with E-state index in [1.807, 2.05) is 43.3 Å². The zero-order valence-electron chi connectivity index (χ0n) is 8.77. The van der Waals surface area contributed by atoms with Crippen molar-refractivity contribution in [3.05, 3.63) is 34.3 Å². The van der Waals surface area contributed by atoms with Crippen LogP contribution in [0.25, 0.3) is 0 Å². The quantitative estimate of drug-likeness (QED) is 0.915. The van der Waals surface area contributed by atoms with Crippen molar-refractivity contribution >= 4 is 21.9 Å². The number of carboxylic acids is 1. The van der Waals surface area contributed by atoms with Crippen LogP contribution in [0.4, 0.5) is 0 Å². The average molecular weight is 272 g/mol. The molecule has 1 rings (SSSR count). The predicted molar refractivity (Wildman–Crippen MR) is 62.8 cm³/mol. The highest BCUT2D eigenvalue weighted by Crippen LogP contribution is 2.24. The summed E-state index contributed by atoms with van der Waals surface area (Å²) in [6, 6.07) is 7.65. The SMILES string of the molecule is CN(C)C(CC(=O)O)c1cccc(Br)c1. The van der Waals surface area contributed by atoms with Gasteiger partial charge in [0.15, 0.2) is 0 Å². The summed E-state index contributed by atoms with van der Waals surface area (Å²) in [5.41, 5.74) is 1.01. The molecule has 1 atom stereocenters. The van der Waals surface area contributed by atoms with Gasteiger partial charge in [0.05, 0.1) is 6.42 Å². The zero-order chi connectivity index (χ0) is 11.4. The normalized spacial score (nSPS) is 12.8. The van der Waals surface area contributed by atoms with Crippen molar-refractivity contribution in [1.82, 2.24) is 4.90 Å². The summed E-state index contributed by atoms with van der Waals surface area (Å²) in [6.07, 6.45) is 0.115. The minimum atomic E-state index is -0.784. The molecule has 0 aliphatic rings. The Morgan fingerprint density at radius 2 is 2.20 bits per heavy atom. The zero-order valence-corrected chi connectivity index (χ0v) is 10.4. The van der Waals surface area contributed by atoms with Gasteiger partial charge in [0.2, 0.25) is 0 Å². The molecule has 0 aliphatic carbocycles. The van der Waals surface area contributed by atoms with Crippen LogP contribution in [0.3, 0.4) is 0 Å². The van der Waals surface area contributed by atoms with Gasteiger partial charge in [-0.1, -0.05) is 28.1 Å². The summed E-state index contributed by atoms with van der Waals surface area (Å²) < 4.78 is 0.970. The molecule has 15 heavy (non-hydrogen) atoms. The number of hydrogen-bond donors (Lipinski definition) is 1. The molecular formula is C11H14BrNO2. The van der Waals surface area contributed by atoms with Crippen molar-refractivity contribution in [2.24, 2.45) is 0 Å². The lowest BCUT2D eigenvalue weighted by Gasteiger charge is -2.23. The summed E-state index contributed by atoms with van der Waals surface area (Å²) in [7, 11) is 3.77. The molecule has 1 N–H and O–H groups in total. The number of halogens is 1. The van der Waals surface area contributed by atoms with E-state index in [1.54, 1.807) is 0 Å². The fraction of sp³-hybridized carbons (Fsp3) is 0.364. The molecule has 82 valence electrons. The van der Waals surface area contributed by atoms with Crippen molar-refractivity contribution in [3.63, 3.8) is 0 Å². The number of rotatable bonds is 4. The van der Waals surface area contributed by atoms with Crippen LogP contribution in [0, 0.1) is 0 Å². The maximum Gasteiger partial charge on any atom is 0.305 e. The first kappa shape index (κ1) is 12.2. The Morgan fingerprint density at radius 3 is 2.67 bits per heavy atom. The van der Waals surface area contributed by atoms with Gasteiger partial charge in [-0.2, -0.15) is 0 Å². The standard InChI is InChI=1S/C11H14BrNO2/c1-13(2)10(7-11(14)15)8-4-3-5-9(12)6-8/h3-6,10H,7H2,1-2H3,(H,14,15). The molecule has 0 spiro atoms. The van der Waals surface area contributed by atoms with E-state index in [0.29, 0.717) is 0 Å². The molecule has 1 aromatic carbocycles. The number of aliphatic carboxylic acids is 1. The van der Waals surface area contributed by atoms with Gasteiger partial charge in [0, 0.05) is 10.5 Å². The second-order valence-corrected chi connectivity index (χ2v) is 4.55. The van der Waals surface area contributed by atoms with E-state index in [1.165, 1.54) is 0 Å². The Labute approximate surface area is 97.8 Å². The Morgan fingerprint density at radius 1 is 1.53 bits per heavy atom. The number of carboxylic acid groups (broad SMARTS) is 1. The highest BCUT2D eigenvalue weighted by atomic mass is 79.9. The van der Waals surface area contributed by atoms with E-state index in [9.17, 15) is 4.79 Å². The minimum Gasteiger partial charge on any atom is -0.481 e. The third-order valence-corrected chi connectivity index (χ3v) is 2.72. The smallest absolute Gasteiger partial charge is 0.305 e. The van der Waals surface area contributed by atoms with Gasteiger partial charge >= 0.3 is 5.97 Å².